The maximum absolute atomic E-state index is 12.7. The Bertz CT molecular complexity index is 785. The molecule has 1 aliphatic carbocycles. The molecule has 1 atom stereocenters. The zero-order valence-corrected chi connectivity index (χ0v) is 15.8. The quantitative estimate of drug-likeness (QED) is 0.811. The summed E-state index contributed by atoms with van der Waals surface area (Å²) in [4.78, 5) is 12.5. The number of nitrogens with zero attached hydrogens (tertiary/aromatic N) is 2. The fraction of sp³-hybridized carbons (Fsp3) is 0.556. The lowest BCUT2D eigenvalue weighted by Gasteiger charge is -2.26. The highest BCUT2D eigenvalue weighted by Crippen LogP contribution is 2.21. The Morgan fingerprint density at radius 1 is 1.27 bits per heavy atom. The van der Waals surface area contributed by atoms with Crippen LogP contribution in [0.5, 0.6) is 0 Å². The van der Waals surface area contributed by atoms with Crippen molar-refractivity contribution in [1.29, 1.82) is 0 Å². The number of ether oxygens (including phenoxy) is 1. The van der Waals surface area contributed by atoms with Crippen LogP contribution in [0.25, 0.3) is 0 Å². The highest BCUT2D eigenvalue weighted by molar-refractivity contribution is 7.89. The average Bonchev–Trinajstić information content (AvgIpc) is 2.68. The molecule has 2 fully saturated rings. The zero-order valence-electron chi connectivity index (χ0n) is 15.0. The number of amides is 1. The Morgan fingerprint density at radius 2 is 2.04 bits per heavy atom. The van der Waals surface area contributed by atoms with Gasteiger partial charge in [0.15, 0.2) is 0 Å². The molecule has 1 aromatic rings. The second kappa shape index (κ2) is 8.28. The van der Waals surface area contributed by atoms with E-state index < -0.39 is 15.9 Å². The smallest absolute Gasteiger partial charge is 0.271 e. The van der Waals surface area contributed by atoms with Crippen molar-refractivity contribution in [3.63, 3.8) is 0 Å². The second-order valence-corrected chi connectivity index (χ2v) is 8.67. The van der Waals surface area contributed by atoms with Crippen molar-refractivity contribution in [1.82, 2.24) is 9.73 Å². The molecular weight excluding hydrogens is 354 g/mol. The van der Waals surface area contributed by atoms with Gasteiger partial charge in [-0.2, -0.15) is 9.41 Å². The Balaban J connectivity index is 1.74. The predicted molar refractivity (Wildman–Crippen MR) is 98.6 cm³/mol. The molecule has 0 unspecified atom stereocenters. The van der Waals surface area contributed by atoms with E-state index in [1.54, 1.807) is 12.1 Å². The Hall–Kier alpha value is -1.77. The van der Waals surface area contributed by atoms with Gasteiger partial charge in [0.25, 0.3) is 5.91 Å². The fourth-order valence-electron chi connectivity index (χ4n) is 3.26. The molecule has 0 aromatic heterocycles. The summed E-state index contributed by atoms with van der Waals surface area (Å²) in [6, 6.07) is 6.10. The van der Waals surface area contributed by atoms with E-state index in [-0.39, 0.29) is 10.5 Å². The van der Waals surface area contributed by atoms with Crippen molar-refractivity contribution in [2.24, 2.45) is 11.0 Å². The van der Waals surface area contributed by atoms with Gasteiger partial charge in [-0.15, -0.1) is 0 Å². The van der Waals surface area contributed by atoms with Gasteiger partial charge in [0, 0.05) is 24.4 Å². The number of carbonyl (C=O) groups is 1. The molecule has 26 heavy (non-hydrogen) atoms. The maximum Gasteiger partial charge on any atom is 0.271 e. The van der Waals surface area contributed by atoms with Gasteiger partial charge in [-0.05, 0) is 43.4 Å². The molecule has 1 saturated heterocycles. The second-order valence-electron chi connectivity index (χ2n) is 6.74. The number of hydrazone groups is 1. The van der Waals surface area contributed by atoms with Crippen LogP contribution in [0.4, 0.5) is 0 Å². The molecule has 1 amide bonds. The molecular formula is C18H25N3O4S. The number of sulfonamides is 1. The molecule has 1 aliphatic heterocycles. The first-order chi connectivity index (χ1) is 12.5. The summed E-state index contributed by atoms with van der Waals surface area (Å²) in [5, 5.41) is 4.26. The third-order valence-electron chi connectivity index (χ3n) is 4.89. The van der Waals surface area contributed by atoms with Gasteiger partial charge in [0.2, 0.25) is 10.0 Å². The van der Waals surface area contributed by atoms with E-state index >= 15 is 0 Å². The van der Waals surface area contributed by atoms with Crippen LogP contribution in [0.15, 0.2) is 34.3 Å². The van der Waals surface area contributed by atoms with Gasteiger partial charge in [0.1, 0.15) is 0 Å². The summed E-state index contributed by atoms with van der Waals surface area (Å²) in [5.74, 6) is -0.0219. The summed E-state index contributed by atoms with van der Waals surface area (Å²) in [5.41, 5.74) is 3.86. The molecule has 0 spiro atoms. The van der Waals surface area contributed by atoms with Crippen molar-refractivity contribution in [2.45, 2.75) is 37.5 Å². The van der Waals surface area contributed by atoms with Crippen molar-refractivity contribution in [3.8, 4) is 0 Å². The van der Waals surface area contributed by atoms with E-state index in [2.05, 4.69) is 17.5 Å². The van der Waals surface area contributed by atoms with Crippen molar-refractivity contribution >= 4 is 21.6 Å². The molecule has 1 saturated carbocycles. The van der Waals surface area contributed by atoms with E-state index in [1.807, 2.05) is 0 Å². The number of morpholine rings is 1. The normalized spacial score (nSPS) is 23.7. The molecule has 1 aromatic carbocycles. The molecule has 8 heteroatoms. The molecule has 0 bridgehead atoms. The van der Waals surface area contributed by atoms with Crippen LogP contribution in [0, 0.1) is 5.92 Å². The van der Waals surface area contributed by atoms with Crippen molar-refractivity contribution < 1.29 is 17.9 Å². The topological polar surface area (TPSA) is 88.1 Å². The molecule has 1 N–H and O–H groups in total. The average molecular weight is 379 g/mol. The van der Waals surface area contributed by atoms with Crippen LogP contribution in [-0.2, 0) is 14.8 Å². The van der Waals surface area contributed by atoms with E-state index in [1.165, 1.54) is 22.9 Å². The third kappa shape index (κ3) is 4.31. The number of hydrogen-bond acceptors (Lipinski definition) is 5. The lowest BCUT2D eigenvalue weighted by Crippen LogP contribution is -2.40. The number of nitrogens with one attached hydrogen (secondary N) is 1. The van der Waals surface area contributed by atoms with Crippen molar-refractivity contribution in [3.05, 3.63) is 29.8 Å². The maximum atomic E-state index is 12.7. The van der Waals surface area contributed by atoms with Crippen LogP contribution < -0.4 is 5.43 Å². The van der Waals surface area contributed by atoms with Crippen LogP contribution in [0.3, 0.4) is 0 Å². The van der Waals surface area contributed by atoms with Crippen LogP contribution in [0.2, 0.25) is 0 Å². The van der Waals surface area contributed by atoms with Gasteiger partial charge >= 0.3 is 0 Å². The minimum Gasteiger partial charge on any atom is -0.379 e. The summed E-state index contributed by atoms with van der Waals surface area (Å²) in [7, 11) is -3.62. The van der Waals surface area contributed by atoms with Gasteiger partial charge < -0.3 is 4.74 Å². The van der Waals surface area contributed by atoms with E-state index in [9.17, 15) is 13.2 Å². The number of carbonyl (C=O) groups excluding carboxylic acids is 1. The van der Waals surface area contributed by atoms with E-state index in [0.717, 1.165) is 25.0 Å². The summed E-state index contributed by atoms with van der Waals surface area (Å²) >= 11 is 0. The number of rotatable bonds is 4. The third-order valence-corrected chi connectivity index (χ3v) is 6.79. The standard InChI is InChI=1S/C18H25N3O4S/c1-14-5-2-3-8-17(14)19-20-18(22)15-6-4-7-16(13-15)26(23,24)21-9-11-25-12-10-21/h4,6-7,13-14H,2-3,5,8-12H2,1H3,(H,20,22)/b19-17-/t14-/m0/s1. The molecule has 0 radical (unpaired) electrons. The van der Waals surface area contributed by atoms with Gasteiger partial charge in [0.05, 0.1) is 18.1 Å². The molecule has 142 valence electrons. The van der Waals surface area contributed by atoms with E-state index in [4.69, 9.17) is 4.74 Å². The monoisotopic (exact) mass is 379 g/mol. The van der Waals surface area contributed by atoms with Gasteiger partial charge in [-0.25, -0.2) is 13.8 Å². The first-order valence-electron chi connectivity index (χ1n) is 9.03. The Kier molecular flexibility index (Phi) is 6.05. The number of benzene rings is 1. The zero-order chi connectivity index (χ0) is 18.6. The number of hydrogen-bond donors (Lipinski definition) is 1. The first kappa shape index (κ1) is 19.0. The van der Waals surface area contributed by atoms with E-state index in [0.29, 0.717) is 32.2 Å². The Labute approximate surface area is 154 Å². The highest BCUT2D eigenvalue weighted by atomic mass is 32.2. The first-order valence-corrected chi connectivity index (χ1v) is 10.5. The van der Waals surface area contributed by atoms with Crippen LogP contribution in [-0.4, -0.2) is 50.6 Å². The molecule has 1 heterocycles. The molecule has 3 rings (SSSR count). The van der Waals surface area contributed by atoms with Gasteiger partial charge in [-0.3, -0.25) is 4.79 Å². The van der Waals surface area contributed by atoms with Crippen LogP contribution >= 0.6 is 0 Å². The summed E-state index contributed by atoms with van der Waals surface area (Å²) in [6.07, 6.45) is 4.26. The minimum absolute atomic E-state index is 0.116. The SMILES string of the molecule is C[C@H]1CCCC/C1=N/NC(=O)c1cccc(S(=O)(=O)N2CCOCC2)c1. The largest absolute Gasteiger partial charge is 0.379 e. The Morgan fingerprint density at radius 3 is 2.77 bits per heavy atom. The lowest BCUT2D eigenvalue weighted by molar-refractivity contribution is 0.0730. The summed E-state index contributed by atoms with van der Waals surface area (Å²) in [6.45, 7) is 3.53. The predicted octanol–water partition coefficient (Wildman–Crippen LogP) is 2.00. The fourth-order valence-corrected chi connectivity index (χ4v) is 4.71. The van der Waals surface area contributed by atoms with Crippen molar-refractivity contribution in [2.75, 3.05) is 26.3 Å². The van der Waals surface area contributed by atoms with Gasteiger partial charge in [-0.1, -0.05) is 19.4 Å². The molecule has 2 aliphatic rings. The minimum atomic E-state index is -3.62. The molecule has 7 nitrogen and oxygen atoms in total. The lowest BCUT2D eigenvalue weighted by atomic mass is 9.89. The van der Waals surface area contributed by atoms with Crippen LogP contribution in [0.1, 0.15) is 43.0 Å². The summed E-state index contributed by atoms with van der Waals surface area (Å²) < 4.78 is 32.0. The highest BCUT2D eigenvalue weighted by Gasteiger charge is 2.27.